The van der Waals surface area contributed by atoms with Gasteiger partial charge in [0.05, 0.1) is 6.54 Å². The second kappa shape index (κ2) is 7.57. The summed E-state index contributed by atoms with van der Waals surface area (Å²) in [5.41, 5.74) is 4.08. The largest absolute Gasteiger partial charge is 0.454 e. The molecule has 0 saturated heterocycles. The highest BCUT2D eigenvalue weighted by atomic mass is 35.5. The van der Waals surface area contributed by atoms with Gasteiger partial charge in [0, 0.05) is 23.0 Å². The van der Waals surface area contributed by atoms with E-state index in [4.69, 9.17) is 21.1 Å². The summed E-state index contributed by atoms with van der Waals surface area (Å²) in [6.45, 7) is 0.672. The van der Waals surface area contributed by atoms with Gasteiger partial charge in [0.2, 0.25) is 12.7 Å². The maximum Gasteiger partial charge on any atom is 0.231 e. The summed E-state index contributed by atoms with van der Waals surface area (Å²) in [4.78, 5) is 15.3. The number of ether oxygens (including phenoxy) is 2. The highest BCUT2D eigenvalue weighted by molar-refractivity contribution is 6.31. The highest BCUT2D eigenvalue weighted by Crippen LogP contribution is 2.46. The van der Waals surface area contributed by atoms with E-state index in [1.54, 1.807) is 0 Å². The number of benzene rings is 4. The Hall–Kier alpha value is -3.50. The summed E-state index contributed by atoms with van der Waals surface area (Å²) < 4.78 is 11.1. The zero-order chi connectivity index (χ0) is 21.7. The lowest BCUT2D eigenvalue weighted by molar-refractivity contribution is -0.119. The van der Waals surface area contributed by atoms with Crippen LogP contribution in [0.4, 0.5) is 5.69 Å². The third-order valence-corrected chi connectivity index (χ3v) is 6.72. The van der Waals surface area contributed by atoms with Gasteiger partial charge in [-0.2, -0.15) is 0 Å². The van der Waals surface area contributed by atoms with E-state index in [-0.39, 0.29) is 18.6 Å². The van der Waals surface area contributed by atoms with Gasteiger partial charge < -0.3 is 14.4 Å². The first-order valence-electron chi connectivity index (χ1n) is 10.6. The van der Waals surface area contributed by atoms with Crippen molar-refractivity contribution in [3.8, 4) is 11.5 Å². The summed E-state index contributed by atoms with van der Waals surface area (Å²) in [6, 6.07) is 26.2. The van der Waals surface area contributed by atoms with Crippen LogP contribution in [0.15, 0.2) is 78.9 Å². The zero-order valence-corrected chi connectivity index (χ0v) is 18.0. The average molecular weight is 442 g/mol. The Bertz CT molecular complexity index is 1370. The molecule has 0 bridgehead atoms. The first-order chi connectivity index (χ1) is 15.7. The van der Waals surface area contributed by atoms with Gasteiger partial charge in [-0.15, -0.1) is 0 Å². The van der Waals surface area contributed by atoms with Crippen molar-refractivity contribution in [3.63, 3.8) is 0 Å². The molecule has 6 rings (SSSR count). The van der Waals surface area contributed by atoms with Gasteiger partial charge in [0.15, 0.2) is 11.5 Å². The Morgan fingerprint density at radius 1 is 0.906 bits per heavy atom. The van der Waals surface area contributed by atoms with E-state index in [1.807, 2.05) is 59.5 Å². The van der Waals surface area contributed by atoms with Gasteiger partial charge in [-0.25, -0.2) is 0 Å². The Morgan fingerprint density at radius 3 is 2.62 bits per heavy atom. The van der Waals surface area contributed by atoms with Gasteiger partial charge in [0.1, 0.15) is 0 Å². The van der Waals surface area contributed by atoms with Crippen molar-refractivity contribution in [1.82, 2.24) is 0 Å². The summed E-state index contributed by atoms with van der Waals surface area (Å²) >= 11 is 6.43. The van der Waals surface area contributed by atoms with E-state index < -0.39 is 0 Å². The number of rotatable bonds is 3. The van der Waals surface area contributed by atoms with Crippen molar-refractivity contribution in [2.75, 3.05) is 11.7 Å². The minimum Gasteiger partial charge on any atom is -0.454 e. The standard InChI is InChI=1S/C27H20ClNO3/c28-22-8-4-2-6-19(22)15-29-23-11-9-17-5-1-3-7-20(17)27(23)21(14-26(29)30)18-10-12-24-25(13-18)32-16-31-24/h1-13,21H,14-16H2. The quantitative estimate of drug-likeness (QED) is 0.375. The number of fused-ring (bicyclic) bond motifs is 4. The van der Waals surface area contributed by atoms with Gasteiger partial charge in [-0.1, -0.05) is 66.2 Å². The first kappa shape index (κ1) is 19.2. The summed E-state index contributed by atoms with van der Waals surface area (Å²) in [5.74, 6) is 1.49. The normalized spacial score (nSPS) is 17.0. The van der Waals surface area contributed by atoms with Gasteiger partial charge in [0.25, 0.3) is 0 Å². The summed E-state index contributed by atoms with van der Waals surface area (Å²) in [5, 5.41) is 2.98. The highest BCUT2D eigenvalue weighted by Gasteiger charge is 2.34. The fourth-order valence-corrected chi connectivity index (χ4v) is 4.99. The van der Waals surface area contributed by atoms with Crippen LogP contribution in [-0.4, -0.2) is 12.7 Å². The number of hydrogen-bond acceptors (Lipinski definition) is 3. The molecule has 0 N–H and O–H groups in total. The molecule has 4 aromatic carbocycles. The maximum absolute atomic E-state index is 13.5. The Balaban J connectivity index is 1.52. The molecule has 5 heteroatoms. The van der Waals surface area contributed by atoms with Gasteiger partial charge in [-0.3, -0.25) is 4.79 Å². The molecule has 1 unspecified atom stereocenters. The SMILES string of the molecule is O=C1CC(c2ccc3c(c2)OCO3)c2c(ccc3ccccc23)N1Cc1ccccc1Cl. The number of amides is 1. The molecule has 2 aliphatic rings. The molecule has 2 aliphatic heterocycles. The van der Waals surface area contributed by atoms with E-state index in [0.29, 0.717) is 18.0 Å². The molecule has 0 radical (unpaired) electrons. The minimum atomic E-state index is -0.0689. The van der Waals surface area contributed by atoms with Crippen LogP contribution in [0.3, 0.4) is 0 Å². The van der Waals surface area contributed by atoms with Crippen molar-refractivity contribution in [2.45, 2.75) is 18.9 Å². The molecule has 0 aliphatic carbocycles. The second-order valence-corrected chi connectivity index (χ2v) is 8.57. The van der Waals surface area contributed by atoms with Crippen molar-refractivity contribution in [2.24, 2.45) is 0 Å². The Morgan fingerprint density at radius 2 is 1.72 bits per heavy atom. The number of hydrogen-bond donors (Lipinski definition) is 0. The van der Waals surface area contributed by atoms with Crippen molar-refractivity contribution >= 4 is 34.0 Å². The second-order valence-electron chi connectivity index (χ2n) is 8.16. The molecule has 4 aromatic rings. The molecule has 0 saturated carbocycles. The third-order valence-electron chi connectivity index (χ3n) is 6.35. The van der Waals surface area contributed by atoms with Crippen molar-refractivity contribution in [1.29, 1.82) is 0 Å². The van der Waals surface area contributed by atoms with Crippen LogP contribution in [0.25, 0.3) is 10.8 Å². The van der Waals surface area contributed by atoms with Crippen molar-refractivity contribution in [3.05, 3.63) is 101 Å². The molecular weight excluding hydrogens is 422 g/mol. The topological polar surface area (TPSA) is 38.8 Å². The summed E-state index contributed by atoms with van der Waals surface area (Å²) in [6.07, 6.45) is 0.380. The number of halogens is 1. The van der Waals surface area contributed by atoms with Crippen LogP contribution in [0.5, 0.6) is 11.5 Å². The average Bonchev–Trinajstić information content (AvgIpc) is 3.29. The molecule has 2 heterocycles. The van der Waals surface area contributed by atoms with Crippen LogP contribution < -0.4 is 14.4 Å². The Labute approximate surface area is 190 Å². The lowest BCUT2D eigenvalue weighted by Gasteiger charge is -2.35. The molecule has 158 valence electrons. The lowest BCUT2D eigenvalue weighted by Crippen LogP contribution is -2.36. The minimum absolute atomic E-state index is 0.0689. The van der Waals surface area contributed by atoms with Gasteiger partial charge >= 0.3 is 0 Å². The van der Waals surface area contributed by atoms with E-state index in [1.165, 1.54) is 0 Å². The summed E-state index contributed by atoms with van der Waals surface area (Å²) in [7, 11) is 0. The number of anilines is 1. The molecule has 32 heavy (non-hydrogen) atoms. The predicted molar refractivity (Wildman–Crippen MR) is 126 cm³/mol. The van der Waals surface area contributed by atoms with Gasteiger partial charge in [-0.05, 0) is 51.7 Å². The molecule has 0 spiro atoms. The molecule has 4 nitrogen and oxygen atoms in total. The first-order valence-corrected chi connectivity index (χ1v) is 11.0. The number of carbonyl (C=O) groups excluding carboxylic acids is 1. The van der Waals surface area contributed by atoms with Crippen molar-refractivity contribution < 1.29 is 14.3 Å². The van der Waals surface area contributed by atoms with E-state index >= 15 is 0 Å². The van der Waals surface area contributed by atoms with Crippen LogP contribution >= 0.6 is 11.6 Å². The monoisotopic (exact) mass is 441 g/mol. The van der Waals surface area contributed by atoms with Crippen LogP contribution in [-0.2, 0) is 11.3 Å². The molecule has 0 fully saturated rings. The molecular formula is C27H20ClNO3. The fraction of sp³-hybridized carbons (Fsp3) is 0.148. The lowest BCUT2D eigenvalue weighted by atomic mass is 9.81. The predicted octanol–water partition coefficient (Wildman–Crippen LogP) is 6.29. The maximum atomic E-state index is 13.5. The molecule has 1 amide bonds. The molecule has 1 atom stereocenters. The Kier molecular flexibility index (Phi) is 4.54. The van der Waals surface area contributed by atoms with Crippen LogP contribution in [0.1, 0.15) is 29.0 Å². The number of carbonyl (C=O) groups is 1. The fourth-order valence-electron chi connectivity index (χ4n) is 4.79. The molecule has 0 aromatic heterocycles. The van der Waals surface area contributed by atoms with Crippen LogP contribution in [0.2, 0.25) is 5.02 Å². The smallest absolute Gasteiger partial charge is 0.231 e. The zero-order valence-electron chi connectivity index (χ0n) is 17.3. The van der Waals surface area contributed by atoms with E-state index in [9.17, 15) is 4.79 Å². The third kappa shape index (κ3) is 3.10. The van der Waals surface area contributed by atoms with E-state index in [2.05, 4.69) is 24.3 Å². The number of nitrogens with zero attached hydrogens (tertiary/aromatic N) is 1. The van der Waals surface area contributed by atoms with E-state index in [0.717, 1.165) is 44.6 Å². The van der Waals surface area contributed by atoms with Crippen LogP contribution in [0, 0.1) is 0 Å².